The predicted octanol–water partition coefficient (Wildman–Crippen LogP) is 2.41. The Labute approximate surface area is 128 Å². The van der Waals surface area contributed by atoms with Gasteiger partial charge in [0.05, 0.1) is 0 Å². The van der Waals surface area contributed by atoms with Crippen LogP contribution in [0.3, 0.4) is 0 Å². The first-order valence-electron chi connectivity index (χ1n) is 7.54. The highest BCUT2D eigenvalue weighted by molar-refractivity contribution is 5.83. The topological polar surface area (TPSA) is 35.5 Å². The highest BCUT2D eigenvalue weighted by atomic mass is 19.3. The molecule has 5 heteroatoms. The summed E-state index contributed by atoms with van der Waals surface area (Å²) < 4.78 is 28.8. The molecule has 3 rings (SSSR count). The fourth-order valence-corrected chi connectivity index (χ4v) is 3.13. The van der Waals surface area contributed by atoms with Crippen molar-refractivity contribution in [2.24, 2.45) is 0 Å². The fraction of sp³-hybridized carbons (Fsp3) is 0.412. The van der Waals surface area contributed by atoms with E-state index in [0.717, 1.165) is 10.8 Å². The first-order chi connectivity index (χ1) is 10.6. The molecule has 0 spiro atoms. The molecule has 0 aliphatic carbocycles. The minimum atomic E-state index is -3.17. The van der Waals surface area contributed by atoms with Gasteiger partial charge >= 0.3 is 0 Å². The van der Waals surface area contributed by atoms with E-state index in [9.17, 15) is 13.9 Å². The summed E-state index contributed by atoms with van der Waals surface area (Å²) >= 11 is 0. The molecule has 1 atom stereocenters. The Kier molecular flexibility index (Phi) is 4.38. The summed E-state index contributed by atoms with van der Waals surface area (Å²) in [4.78, 5) is 1.76. The van der Waals surface area contributed by atoms with Gasteiger partial charge < -0.3 is 10.4 Å². The molecular weight excluding hydrogens is 286 g/mol. The van der Waals surface area contributed by atoms with Crippen molar-refractivity contribution in [2.45, 2.75) is 12.0 Å². The quantitative estimate of drug-likeness (QED) is 0.910. The van der Waals surface area contributed by atoms with E-state index in [0.29, 0.717) is 31.7 Å². The molecule has 22 heavy (non-hydrogen) atoms. The molecule has 0 aromatic heterocycles. The summed E-state index contributed by atoms with van der Waals surface area (Å²) in [7, 11) is 0. The fourth-order valence-electron chi connectivity index (χ4n) is 3.13. The number of alkyl halides is 2. The second-order valence-electron chi connectivity index (χ2n) is 5.71. The van der Waals surface area contributed by atoms with Gasteiger partial charge in [0.25, 0.3) is 5.92 Å². The maximum absolute atomic E-state index is 14.4. The first kappa shape index (κ1) is 15.3. The molecular formula is C17H20F2N2O. The lowest BCUT2D eigenvalue weighted by atomic mass is 9.95. The van der Waals surface area contributed by atoms with E-state index in [2.05, 4.69) is 5.32 Å². The Hall–Kier alpha value is -1.56. The van der Waals surface area contributed by atoms with Crippen molar-refractivity contribution < 1.29 is 13.9 Å². The second-order valence-corrected chi connectivity index (χ2v) is 5.71. The van der Waals surface area contributed by atoms with Crippen LogP contribution in [0.2, 0.25) is 0 Å². The number of aliphatic hydroxyl groups excluding tert-OH is 1. The number of nitrogens with zero attached hydrogens (tertiary/aromatic N) is 1. The number of piperazine rings is 1. The minimum absolute atomic E-state index is 0.549. The van der Waals surface area contributed by atoms with E-state index in [4.69, 9.17) is 0 Å². The molecule has 1 heterocycles. The second kappa shape index (κ2) is 6.28. The molecule has 2 aromatic rings. The standard InChI is InChI=1S/C17H20F2N2O/c18-17(19,12-22)16(21-9-7-20-8-10-21)15-6-5-13-3-1-2-4-14(13)11-15/h1-6,11,16,20,22H,7-10,12H2/t16-/m0/s1. The van der Waals surface area contributed by atoms with Crippen LogP contribution in [0.4, 0.5) is 8.78 Å². The van der Waals surface area contributed by atoms with E-state index >= 15 is 0 Å². The average Bonchev–Trinajstić information content (AvgIpc) is 2.56. The van der Waals surface area contributed by atoms with Crippen LogP contribution in [0.15, 0.2) is 42.5 Å². The molecule has 0 saturated carbocycles. The third-order valence-electron chi connectivity index (χ3n) is 4.22. The first-order valence-corrected chi connectivity index (χ1v) is 7.54. The third kappa shape index (κ3) is 2.97. The molecule has 2 aromatic carbocycles. The summed E-state index contributed by atoms with van der Waals surface area (Å²) in [5, 5.41) is 14.3. The number of halogens is 2. The molecule has 3 nitrogen and oxygen atoms in total. The van der Waals surface area contributed by atoms with Gasteiger partial charge in [0.15, 0.2) is 0 Å². The summed E-state index contributed by atoms with van der Waals surface area (Å²) in [6, 6.07) is 12.0. The van der Waals surface area contributed by atoms with E-state index in [1.54, 1.807) is 11.0 Å². The maximum atomic E-state index is 14.4. The van der Waals surface area contributed by atoms with Crippen molar-refractivity contribution in [2.75, 3.05) is 32.8 Å². The number of aliphatic hydroxyl groups is 1. The molecule has 1 aliphatic rings. The average molecular weight is 306 g/mol. The van der Waals surface area contributed by atoms with Crippen LogP contribution in [-0.2, 0) is 0 Å². The van der Waals surface area contributed by atoms with Crippen LogP contribution in [-0.4, -0.2) is 48.7 Å². The Balaban J connectivity index is 2.02. The van der Waals surface area contributed by atoms with Crippen molar-refractivity contribution in [3.63, 3.8) is 0 Å². The van der Waals surface area contributed by atoms with Gasteiger partial charge in [0, 0.05) is 26.2 Å². The predicted molar refractivity (Wildman–Crippen MR) is 83.2 cm³/mol. The smallest absolute Gasteiger partial charge is 0.289 e. The Morgan fingerprint density at radius 3 is 2.45 bits per heavy atom. The molecule has 1 fully saturated rings. The molecule has 118 valence electrons. The Morgan fingerprint density at radius 2 is 1.77 bits per heavy atom. The van der Waals surface area contributed by atoms with Gasteiger partial charge in [-0.3, -0.25) is 4.90 Å². The SMILES string of the molecule is OCC(F)(F)[C@H](c1ccc2ccccc2c1)N1CCNCC1. The van der Waals surface area contributed by atoms with Gasteiger partial charge in [-0.1, -0.05) is 36.4 Å². The highest BCUT2D eigenvalue weighted by Crippen LogP contribution is 2.37. The van der Waals surface area contributed by atoms with Crippen LogP contribution in [0, 0.1) is 0 Å². The van der Waals surface area contributed by atoms with Crippen LogP contribution in [0.5, 0.6) is 0 Å². The monoisotopic (exact) mass is 306 g/mol. The van der Waals surface area contributed by atoms with Gasteiger partial charge in [-0.15, -0.1) is 0 Å². The van der Waals surface area contributed by atoms with E-state index < -0.39 is 18.6 Å². The molecule has 1 aliphatic heterocycles. The van der Waals surface area contributed by atoms with Crippen molar-refractivity contribution in [1.82, 2.24) is 10.2 Å². The van der Waals surface area contributed by atoms with Crippen LogP contribution >= 0.6 is 0 Å². The minimum Gasteiger partial charge on any atom is -0.390 e. The molecule has 0 radical (unpaired) electrons. The Bertz CT molecular complexity index is 641. The van der Waals surface area contributed by atoms with Crippen molar-refractivity contribution in [3.8, 4) is 0 Å². The van der Waals surface area contributed by atoms with Crippen LogP contribution in [0.25, 0.3) is 10.8 Å². The van der Waals surface area contributed by atoms with E-state index in [-0.39, 0.29) is 0 Å². The van der Waals surface area contributed by atoms with Gasteiger partial charge in [-0.05, 0) is 22.4 Å². The lowest BCUT2D eigenvalue weighted by Gasteiger charge is -2.38. The number of nitrogens with one attached hydrogen (secondary N) is 1. The van der Waals surface area contributed by atoms with Crippen LogP contribution in [0.1, 0.15) is 11.6 Å². The number of hydrogen-bond acceptors (Lipinski definition) is 3. The normalized spacial score (nSPS) is 18.5. The van der Waals surface area contributed by atoms with Gasteiger partial charge in [-0.25, -0.2) is 8.78 Å². The van der Waals surface area contributed by atoms with Gasteiger partial charge in [0.1, 0.15) is 12.6 Å². The number of hydrogen-bond donors (Lipinski definition) is 2. The molecule has 0 amide bonds. The number of benzene rings is 2. The summed E-state index contributed by atoms with van der Waals surface area (Å²) in [5.74, 6) is -3.17. The zero-order valence-electron chi connectivity index (χ0n) is 12.3. The Morgan fingerprint density at radius 1 is 1.09 bits per heavy atom. The van der Waals surface area contributed by atoms with Gasteiger partial charge in [-0.2, -0.15) is 0 Å². The highest BCUT2D eigenvalue weighted by Gasteiger charge is 2.44. The summed E-state index contributed by atoms with van der Waals surface area (Å²) in [6.45, 7) is 1.33. The van der Waals surface area contributed by atoms with E-state index in [1.807, 2.05) is 36.4 Å². The lowest BCUT2D eigenvalue weighted by Crippen LogP contribution is -2.51. The number of rotatable bonds is 4. The molecule has 1 saturated heterocycles. The zero-order valence-corrected chi connectivity index (χ0v) is 12.3. The molecule has 0 unspecified atom stereocenters. The summed E-state index contributed by atoms with van der Waals surface area (Å²) in [6.07, 6.45) is 0. The maximum Gasteiger partial charge on any atom is 0.289 e. The van der Waals surface area contributed by atoms with Crippen molar-refractivity contribution >= 4 is 10.8 Å². The number of fused-ring (bicyclic) bond motifs is 1. The van der Waals surface area contributed by atoms with E-state index in [1.165, 1.54) is 0 Å². The third-order valence-corrected chi connectivity index (χ3v) is 4.22. The largest absolute Gasteiger partial charge is 0.390 e. The lowest BCUT2D eigenvalue weighted by molar-refractivity contribution is -0.118. The molecule has 0 bridgehead atoms. The molecule has 2 N–H and O–H groups in total. The van der Waals surface area contributed by atoms with Crippen molar-refractivity contribution in [3.05, 3.63) is 48.0 Å². The van der Waals surface area contributed by atoms with Crippen molar-refractivity contribution in [1.29, 1.82) is 0 Å². The zero-order chi connectivity index (χ0) is 15.6. The van der Waals surface area contributed by atoms with Gasteiger partial charge in [0.2, 0.25) is 0 Å². The van der Waals surface area contributed by atoms with Crippen LogP contribution < -0.4 is 5.32 Å². The summed E-state index contributed by atoms with van der Waals surface area (Å²) in [5.41, 5.74) is 0.555.